The number of amides is 1. The van der Waals surface area contributed by atoms with E-state index >= 15 is 0 Å². The molecule has 1 amide bonds. The van der Waals surface area contributed by atoms with E-state index < -0.39 is 9.84 Å². The van der Waals surface area contributed by atoms with Gasteiger partial charge in [-0.1, -0.05) is 12.1 Å². The molecule has 0 spiro atoms. The third-order valence-electron chi connectivity index (χ3n) is 4.13. The van der Waals surface area contributed by atoms with Crippen LogP contribution in [0.5, 0.6) is 0 Å². The number of hydrogen-bond donors (Lipinski definition) is 2. The van der Waals surface area contributed by atoms with Crippen LogP contribution in [-0.2, 0) is 14.6 Å². The van der Waals surface area contributed by atoms with Crippen molar-refractivity contribution in [3.63, 3.8) is 0 Å². The summed E-state index contributed by atoms with van der Waals surface area (Å²) in [6, 6.07) is 15.7. The molecule has 0 aliphatic rings. The standard InChI is InChI=1S/C20H19N3O5S/c1-28-11-12-29(26,27)17-7-5-14(6-8-17)20(25)21-16-4-2-3-15(13-16)18-9-10-19(24)23-22-18/h2-10,13H,11-12H2,1H3,(H,21,25)(H,23,24). The molecule has 0 saturated heterocycles. The summed E-state index contributed by atoms with van der Waals surface area (Å²) < 4.78 is 29.1. The molecular formula is C20H19N3O5S. The number of carbonyl (C=O) groups excluding carboxylic acids is 1. The van der Waals surface area contributed by atoms with Gasteiger partial charge in [-0.25, -0.2) is 13.5 Å². The molecule has 0 aliphatic carbocycles. The number of hydrogen-bond acceptors (Lipinski definition) is 6. The second kappa shape index (κ2) is 8.80. The Kier molecular flexibility index (Phi) is 6.20. The number of ether oxygens (including phenoxy) is 1. The van der Waals surface area contributed by atoms with Crippen molar-refractivity contribution in [2.75, 3.05) is 24.8 Å². The van der Waals surface area contributed by atoms with Crippen LogP contribution in [0.2, 0.25) is 0 Å². The molecule has 1 heterocycles. The largest absolute Gasteiger partial charge is 0.384 e. The van der Waals surface area contributed by atoms with Gasteiger partial charge in [-0.05, 0) is 42.5 Å². The van der Waals surface area contributed by atoms with Crippen LogP contribution in [0.1, 0.15) is 10.4 Å². The molecule has 3 aromatic rings. The summed E-state index contributed by atoms with van der Waals surface area (Å²) in [5, 5.41) is 9.09. The topological polar surface area (TPSA) is 118 Å². The maximum atomic E-state index is 12.5. The minimum atomic E-state index is -3.45. The average Bonchev–Trinajstić information content (AvgIpc) is 2.73. The zero-order valence-electron chi connectivity index (χ0n) is 15.6. The summed E-state index contributed by atoms with van der Waals surface area (Å²) in [6.45, 7) is 0.102. The van der Waals surface area contributed by atoms with Gasteiger partial charge in [0.1, 0.15) is 0 Å². The van der Waals surface area contributed by atoms with E-state index in [0.29, 0.717) is 16.9 Å². The number of benzene rings is 2. The third kappa shape index (κ3) is 5.15. The van der Waals surface area contributed by atoms with Gasteiger partial charge in [-0.2, -0.15) is 5.10 Å². The van der Waals surface area contributed by atoms with Gasteiger partial charge in [-0.3, -0.25) is 9.59 Å². The number of rotatable bonds is 7. The fourth-order valence-electron chi connectivity index (χ4n) is 2.59. The van der Waals surface area contributed by atoms with Crippen molar-refractivity contribution in [3.8, 4) is 11.3 Å². The molecule has 2 N–H and O–H groups in total. The lowest BCUT2D eigenvalue weighted by Gasteiger charge is -2.08. The van der Waals surface area contributed by atoms with Gasteiger partial charge in [-0.15, -0.1) is 0 Å². The lowest BCUT2D eigenvalue weighted by molar-refractivity contribution is 0.102. The van der Waals surface area contributed by atoms with E-state index in [4.69, 9.17) is 4.74 Å². The summed E-state index contributed by atoms with van der Waals surface area (Å²) >= 11 is 0. The summed E-state index contributed by atoms with van der Waals surface area (Å²) in [5.41, 5.74) is 1.84. The van der Waals surface area contributed by atoms with Crippen molar-refractivity contribution in [2.24, 2.45) is 0 Å². The van der Waals surface area contributed by atoms with Gasteiger partial charge in [0, 0.05) is 30.0 Å². The highest BCUT2D eigenvalue weighted by atomic mass is 32.2. The van der Waals surface area contributed by atoms with E-state index in [9.17, 15) is 18.0 Å². The van der Waals surface area contributed by atoms with Gasteiger partial charge in [0.25, 0.3) is 11.5 Å². The Labute approximate surface area is 167 Å². The zero-order chi connectivity index (χ0) is 20.9. The molecule has 9 heteroatoms. The molecule has 1 aromatic heterocycles. The number of nitrogens with one attached hydrogen (secondary N) is 2. The smallest absolute Gasteiger partial charge is 0.264 e. The highest BCUT2D eigenvalue weighted by molar-refractivity contribution is 7.91. The van der Waals surface area contributed by atoms with Crippen molar-refractivity contribution < 1.29 is 17.9 Å². The first-order chi connectivity index (χ1) is 13.9. The Morgan fingerprint density at radius 3 is 2.52 bits per heavy atom. The van der Waals surface area contributed by atoms with Crippen LogP contribution >= 0.6 is 0 Å². The molecular weight excluding hydrogens is 394 g/mol. The van der Waals surface area contributed by atoms with E-state index in [1.54, 1.807) is 30.3 Å². The second-order valence-corrected chi connectivity index (χ2v) is 8.29. The molecule has 0 bridgehead atoms. The van der Waals surface area contributed by atoms with E-state index in [-0.39, 0.29) is 28.7 Å². The number of aromatic amines is 1. The van der Waals surface area contributed by atoms with Crippen molar-refractivity contribution in [3.05, 3.63) is 76.6 Å². The molecule has 150 valence electrons. The van der Waals surface area contributed by atoms with E-state index in [1.165, 1.54) is 37.4 Å². The highest BCUT2D eigenvalue weighted by Crippen LogP contribution is 2.20. The summed E-state index contributed by atoms with van der Waals surface area (Å²) in [7, 11) is -2.02. The lowest BCUT2D eigenvalue weighted by Crippen LogP contribution is -2.14. The summed E-state index contributed by atoms with van der Waals surface area (Å²) in [6.07, 6.45) is 0. The molecule has 0 saturated carbocycles. The molecule has 2 aromatic carbocycles. The van der Waals surface area contributed by atoms with Crippen LogP contribution in [0.4, 0.5) is 5.69 Å². The van der Waals surface area contributed by atoms with Crippen LogP contribution in [0.15, 0.2) is 70.4 Å². The number of anilines is 1. The minimum Gasteiger partial charge on any atom is -0.384 e. The first-order valence-corrected chi connectivity index (χ1v) is 10.3. The third-order valence-corrected chi connectivity index (χ3v) is 5.82. The number of aromatic nitrogens is 2. The molecule has 0 fully saturated rings. The number of sulfone groups is 1. The Bertz CT molecular complexity index is 1150. The van der Waals surface area contributed by atoms with Crippen LogP contribution < -0.4 is 10.9 Å². The van der Waals surface area contributed by atoms with E-state index in [0.717, 1.165) is 5.56 Å². The Morgan fingerprint density at radius 2 is 1.86 bits per heavy atom. The molecule has 0 aliphatic heterocycles. The van der Waals surface area contributed by atoms with Crippen LogP contribution in [0, 0.1) is 0 Å². The Hall–Kier alpha value is -3.30. The average molecular weight is 413 g/mol. The maximum Gasteiger partial charge on any atom is 0.264 e. The first kappa shape index (κ1) is 20.4. The Morgan fingerprint density at radius 1 is 1.10 bits per heavy atom. The van der Waals surface area contributed by atoms with E-state index in [2.05, 4.69) is 15.5 Å². The van der Waals surface area contributed by atoms with Gasteiger partial charge in [0.2, 0.25) is 0 Å². The molecule has 8 nitrogen and oxygen atoms in total. The van der Waals surface area contributed by atoms with Gasteiger partial charge in [0.15, 0.2) is 9.84 Å². The SMILES string of the molecule is COCCS(=O)(=O)c1ccc(C(=O)Nc2cccc(-c3ccc(=O)[nH]n3)c2)cc1. The fourth-order valence-corrected chi connectivity index (χ4v) is 3.76. The highest BCUT2D eigenvalue weighted by Gasteiger charge is 2.15. The van der Waals surface area contributed by atoms with Gasteiger partial charge < -0.3 is 10.1 Å². The molecule has 0 radical (unpaired) electrons. The minimum absolute atomic E-state index is 0.102. The van der Waals surface area contributed by atoms with Crippen molar-refractivity contribution in [1.29, 1.82) is 0 Å². The van der Waals surface area contributed by atoms with Crippen LogP contribution in [0.3, 0.4) is 0 Å². The number of nitrogens with zero attached hydrogens (tertiary/aromatic N) is 1. The number of methoxy groups -OCH3 is 1. The van der Waals surface area contributed by atoms with Gasteiger partial charge >= 0.3 is 0 Å². The van der Waals surface area contributed by atoms with Crippen LogP contribution in [-0.4, -0.2) is 44.0 Å². The predicted octanol–water partition coefficient (Wildman–Crippen LogP) is 2.11. The van der Waals surface area contributed by atoms with Crippen molar-refractivity contribution in [1.82, 2.24) is 10.2 Å². The summed E-state index contributed by atoms with van der Waals surface area (Å²) in [4.78, 5) is 23.8. The molecule has 3 rings (SSSR count). The van der Waals surface area contributed by atoms with Crippen LogP contribution in [0.25, 0.3) is 11.3 Å². The second-order valence-electron chi connectivity index (χ2n) is 6.18. The number of carbonyl (C=O) groups is 1. The Balaban J connectivity index is 1.74. The molecule has 29 heavy (non-hydrogen) atoms. The number of H-pyrrole nitrogens is 1. The summed E-state index contributed by atoms with van der Waals surface area (Å²) in [5.74, 6) is -0.502. The monoisotopic (exact) mass is 413 g/mol. The van der Waals surface area contributed by atoms with Gasteiger partial charge in [0.05, 0.1) is 22.9 Å². The van der Waals surface area contributed by atoms with Crippen molar-refractivity contribution >= 4 is 21.4 Å². The van der Waals surface area contributed by atoms with Crippen molar-refractivity contribution in [2.45, 2.75) is 4.90 Å². The normalized spacial score (nSPS) is 11.2. The lowest BCUT2D eigenvalue weighted by atomic mass is 10.1. The predicted molar refractivity (Wildman–Crippen MR) is 109 cm³/mol. The fraction of sp³-hybridized carbons (Fsp3) is 0.150. The molecule has 0 atom stereocenters. The first-order valence-electron chi connectivity index (χ1n) is 8.68. The quantitative estimate of drug-likeness (QED) is 0.612. The molecule has 0 unspecified atom stereocenters. The zero-order valence-corrected chi connectivity index (χ0v) is 16.4. The maximum absolute atomic E-state index is 12.5. The van der Waals surface area contributed by atoms with E-state index in [1.807, 2.05) is 0 Å².